The van der Waals surface area contributed by atoms with Crippen molar-refractivity contribution in [3.8, 4) is 11.6 Å². The Bertz CT molecular complexity index is 701. The summed E-state index contributed by atoms with van der Waals surface area (Å²) in [6.45, 7) is 0.685. The predicted molar refractivity (Wildman–Crippen MR) is 88.6 cm³/mol. The van der Waals surface area contributed by atoms with E-state index in [1.807, 2.05) is 12.1 Å². The first-order valence-electron chi connectivity index (χ1n) is 7.68. The Labute approximate surface area is 144 Å². The minimum atomic E-state index is -0.837. The van der Waals surface area contributed by atoms with E-state index in [1.54, 1.807) is 18.2 Å². The summed E-state index contributed by atoms with van der Waals surface area (Å²) in [6, 6.07) is 10.3. The number of aliphatic carboxylic acids is 1. The van der Waals surface area contributed by atoms with Gasteiger partial charge in [0.15, 0.2) is 5.69 Å². The van der Waals surface area contributed by atoms with Crippen LogP contribution in [-0.4, -0.2) is 40.9 Å². The number of methoxy groups -OCH3 is 1. The van der Waals surface area contributed by atoms with E-state index in [9.17, 15) is 9.59 Å². The van der Waals surface area contributed by atoms with Gasteiger partial charge in [0.2, 0.25) is 5.88 Å². The van der Waals surface area contributed by atoms with E-state index in [0.717, 1.165) is 5.56 Å². The second-order valence-corrected chi connectivity index (χ2v) is 5.13. The van der Waals surface area contributed by atoms with Gasteiger partial charge in [0.25, 0.3) is 5.91 Å². The lowest BCUT2D eigenvalue weighted by Gasteiger charge is -2.08. The number of carboxylic acids is 1. The van der Waals surface area contributed by atoms with Crippen LogP contribution in [0.1, 0.15) is 28.9 Å². The Morgan fingerprint density at radius 3 is 2.48 bits per heavy atom. The second kappa shape index (κ2) is 9.21. The number of nitrogens with one attached hydrogen (secondary N) is 1. The van der Waals surface area contributed by atoms with Crippen molar-refractivity contribution in [2.45, 2.75) is 19.4 Å². The van der Waals surface area contributed by atoms with E-state index < -0.39 is 5.97 Å². The average molecular weight is 345 g/mol. The third kappa shape index (κ3) is 6.09. The largest absolute Gasteiger partial charge is 0.494 e. The van der Waals surface area contributed by atoms with Gasteiger partial charge in [-0.15, -0.1) is 10.2 Å². The molecule has 1 heterocycles. The lowest BCUT2D eigenvalue weighted by molar-refractivity contribution is -0.137. The standard InChI is InChI=1S/C17H19N3O5/c1-24-15-9-8-14(19-20-15)17(23)18-11-12-4-6-13(7-5-12)25-10-2-3-16(21)22/h4-9H,2-3,10-11H2,1H3,(H,18,23)(H,21,22). The maximum absolute atomic E-state index is 12.0. The summed E-state index contributed by atoms with van der Waals surface area (Å²) in [7, 11) is 1.48. The van der Waals surface area contributed by atoms with Crippen molar-refractivity contribution in [1.29, 1.82) is 0 Å². The van der Waals surface area contributed by atoms with Gasteiger partial charge >= 0.3 is 5.97 Å². The molecule has 0 aliphatic heterocycles. The summed E-state index contributed by atoms with van der Waals surface area (Å²) in [4.78, 5) is 22.4. The number of rotatable bonds is 9. The first kappa shape index (κ1) is 18.2. The van der Waals surface area contributed by atoms with Gasteiger partial charge in [-0.05, 0) is 30.2 Å². The summed E-state index contributed by atoms with van der Waals surface area (Å²) in [5, 5.41) is 18.8. The minimum Gasteiger partial charge on any atom is -0.494 e. The summed E-state index contributed by atoms with van der Waals surface area (Å²) in [6.07, 6.45) is 0.536. The molecule has 0 radical (unpaired) electrons. The van der Waals surface area contributed by atoms with E-state index in [1.165, 1.54) is 13.2 Å². The van der Waals surface area contributed by atoms with Crippen LogP contribution in [0.25, 0.3) is 0 Å². The highest BCUT2D eigenvalue weighted by atomic mass is 16.5. The predicted octanol–water partition coefficient (Wildman–Crippen LogP) is 1.66. The van der Waals surface area contributed by atoms with Crippen LogP contribution in [0, 0.1) is 0 Å². The first-order chi connectivity index (χ1) is 12.1. The molecule has 0 atom stereocenters. The minimum absolute atomic E-state index is 0.0817. The fourth-order valence-electron chi connectivity index (χ4n) is 1.94. The molecular weight excluding hydrogens is 326 g/mol. The highest BCUT2D eigenvalue weighted by Crippen LogP contribution is 2.13. The van der Waals surface area contributed by atoms with Crippen LogP contribution < -0.4 is 14.8 Å². The Balaban J connectivity index is 1.78. The van der Waals surface area contributed by atoms with Crippen molar-refractivity contribution in [2.75, 3.05) is 13.7 Å². The summed E-state index contributed by atoms with van der Waals surface area (Å²) in [5.74, 6) is -0.169. The normalized spacial score (nSPS) is 10.1. The Morgan fingerprint density at radius 2 is 1.88 bits per heavy atom. The molecule has 8 nitrogen and oxygen atoms in total. The molecule has 132 valence electrons. The summed E-state index contributed by atoms with van der Waals surface area (Å²) < 4.78 is 10.3. The molecular formula is C17H19N3O5. The van der Waals surface area contributed by atoms with Crippen molar-refractivity contribution in [3.63, 3.8) is 0 Å². The van der Waals surface area contributed by atoms with Crippen LogP contribution >= 0.6 is 0 Å². The van der Waals surface area contributed by atoms with Gasteiger partial charge in [-0.25, -0.2) is 0 Å². The van der Waals surface area contributed by atoms with Crippen LogP contribution in [0.15, 0.2) is 36.4 Å². The molecule has 0 saturated carbocycles. The van der Waals surface area contributed by atoms with Crippen molar-refractivity contribution in [3.05, 3.63) is 47.7 Å². The molecule has 0 saturated heterocycles. The Hall–Kier alpha value is -3.16. The first-order valence-corrected chi connectivity index (χ1v) is 7.68. The molecule has 8 heteroatoms. The monoisotopic (exact) mass is 345 g/mol. The van der Waals surface area contributed by atoms with Gasteiger partial charge in [0.1, 0.15) is 5.75 Å². The van der Waals surface area contributed by atoms with E-state index >= 15 is 0 Å². The zero-order valence-electron chi connectivity index (χ0n) is 13.8. The molecule has 1 amide bonds. The van der Waals surface area contributed by atoms with Gasteiger partial charge in [-0.2, -0.15) is 0 Å². The van der Waals surface area contributed by atoms with Gasteiger partial charge in [-0.1, -0.05) is 12.1 Å². The van der Waals surface area contributed by atoms with Gasteiger partial charge in [-0.3, -0.25) is 9.59 Å². The van der Waals surface area contributed by atoms with Crippen molar-refractivity contribution >= 4 is 11.9 Å². The quantitative estimate of drug-likeness (QED) is 0.665. The number of ether oxygens (including phenoxy) is 2. The van der Waals surface area contributed by atoms with Crippen LogP contribution in [0.5, 0.6) is 11.6 Å². The van der Waals surface area contributed by atoms with E-state index in [2.05, 4.69) is 15.5 Å². The Kier molecular flexibility index (Phi) is 6.70. The number of carbonyl (C=O) groups is 2. The molecule has 2 N–H and O–H groups in total. The second-order valence-electron chi connectivity index (χ2n) is 5.13. The molecule has 1 aromatic heterocycles. The topological polar surface area (TPSA) is 111 Å². The number of benzene rings is 1. The van der Waals surface area contributed by atoms with Gasteiger partial charge < -0.3 is 19.9 Å². The van der Waals surface area contributed by atoms with Crippen LogP contribution in [-0.2, 0) is 11.3 Å². The molecule has 0 aliphatic rings. The molecule has 0 unspecified atom stereocenters. The molecule has 0 bridgehead atoms. The average Bonchev–Trinajstić information content (AvgIpc) is 2.64. The SMILES string of the molecule is COc1ccc(C(=O)NCc2ccc(OCCCC(=O)O)cc2)nn1. The molecule has 1 aromatic carbocycles. The van der Waals surface area contributed by atoms with Gasteiger partial charge in [0.05, 0.1) is 13.7 Å². The maximum Gasteiger partial charge on any atom is 0.303 e. The number of amides is 1. The van der Waals surface area contributed by atoms with Crippen molar-refractivity contribution < 1.29 is 24.2 Å². The lowest BCUT2D eigenvalue weighted by atomic mass is 10.2. The maximum atomic E-state index is 12.0. The van der Waals surface area contributed by atoms with Crippen LogP contribution in [0.4, 0.5) is 0 Å². The van der Waals surface area contributed by atoms with Crippen LogP contribution in [0.2, 0.25) is 0 Å². The van der Waals surface area contributed by atoms with Gasteiger partial charge in [0, 0.05) is 19.0 Å². The number of carbonyl (C=O) groups excluding carboxylic acids is 1. The van der Waals surface area contributed by atoms with E-state index in [0.29, 0.717) is 31.2 Å². The number of aromatic nitrogens is 2. The number of hydrogen-bond acceptors (Lipinski definition) is 6. The molecule has 2 rings (SSSR count). The number of carboxylic acid groups (broad SMARTS) is 1. The van der Waals surface area contributed by atoms with Crippen molar-refractivity contribution in [1.82, 2.24) is 15.5 Å². The zero-order valence-corrected chi connectivity index (χ0v) is 13.8. The number of hydrogen-bond donors (Lipinski definition) is 2. The third-order valence-corrected chi connectivity index (χ3v) is 3.26. The molecule has 0 fully saturated rings. The molecule has 2 aromatic rings. The lowest BCUT2D eigenvalue weighted by Crippen LogP contribution is -2.24. The third-order valence-electron chi connectivity index (χ3n) is 3.26. The molecule has 0 spiro atoms. The Morgan fingerprint density at radius 1 is 1.12 bits per heavy atom. The van der Waals surface area contributed by atoms with E-state index in [-0.39, 0.29) is 18.0 Å². The zero-order chi connectivity index (χ0) is 18.1. The fourth-order valence-corrected chi connectivity index (χ4v) is 1.94. The summed E-state index contributed by atoms with van der Waals surface area (Å²) in [5.41, 5.74) is 1.10. The molecule has 25 heavy (non-hydrogen) atoms. The van der Waals surface area contributed by atoms with E-state index in [4.69, 9.17) is 14.6 Å². The highest BCUT2D eigenvalue weighted by Gasteiger charge is 2.08. The highest BCUT2D eigenvalue weighted by molar-refractivity contribution is 5.92. The van der Waals surface area contributed by atoms with Crippen molar-refractivity contribution in [2.24, 2.45) is 0 Å². The van der Waals surface area contributed by atoms with Crippen LogP contribution in [0.3, 0.4) is 0 Å². The smallest absolute Gasteiger partial charge is 0.303 e. The number of nitrogens with zero attached hydrogens (tertiary/aromatic N) is 2. The fraction of sp³-hybridized carbons (Fsp3) is 0.294. The summed E-state index contributed by atoms with van der Waals surface area (Å²) >= 11 is 0. The molecule has 0 aliphatic carbocycles.